The molecule has 1 saturated carbocycles. The predicted molar refractivity (Wildman–Crippen MR) is 91.0 cm³/mol. The van der Waals surface area contributed by atoms with Crippen LogP contribution in [0, 0.1) is 5.92 Å². The van der Waals surface area contributed by atoms with E-state index in [1.807, 2.05) is 25.1 Å². The van der Waals surface area contributed by atoms with E-state index >= 15 is 0 Å². The summed E-state index contributed by atoms with van der Waals surface area (Å²) in [6.45, 7) is 2.53. The minimum absolute atomic E-state index is 0.107. The van der Waals surface area contributed by atoms with Gasteiger partial charge in [-0.2, -0.15) is 0 Å². The van der Waals surface area contributed by atoms with Crippen molar-refractivity contribution >= 4 is 15.7 Å². The van der Waals surface area contributed by atoms with Gasteiger partial charge in [0.1, 0.15) is 0 Å². The van der Waals surface area contributed by atoms with E-state index in [1.165, 1.54) is 18.4 Å². The van der Waals surface area contributed by atoms with E-state index in [1.54, 1.807) is 4.90 Å². The SMILES string of the molecule is CCN(C(=O)CC(c1ccccc1)C1CC1)C1CCS(=O)(=O)C1. The molecule has 1 aromatic rings. The first kappa shape index (κ1) is 16.5. The van der Waals surface area contributed by atoms with E-state index < -0.39 is 9.84 Å². The van der Waals surface area contributed by atoms with Gasteiger partial charge in [-0.05, 0) is 43.6 Å². The molecule has 2 unspecified atom stereocenters. The highest BCUT2D eigenvalue weighted by atomic mass is 32.2. The molecule has 1 saturated heterocycles. The first-order valence-corrected chi connectivity index (χ1v) is 10.4. The maximum absolute atomic E-state index is 12.8. The monoisotopic (exact) mass is 335 g/mol. The van der Waals surface area contributed by atoms with E-state index in [9.17, 15) is 13.2 Å². The highest BCUT2D eigenvalue weighted by Gasteiger charge is 2.37. The van der Waals surface area contributed by atoms with Crippen LogP contribution in [-0.2, 0) is 14.6 Å². The van der Waals surface area contributed by atoms with Crippen molar-refractivity contribution in [3.05, 3.63) is 35.9 Å². The van der Waals surface area contributed by atoms with Gasteiger partial charge < -0.3 is 4.90 Å². The molecule has 3 rings (SSSR count). The zero-order chi connectivity index (χ0) is 16.4. The fraction of sp³-hybridized carbons (Fsp3) is 0.611. The Morgan fingerprint density at radius 1 is 1.22 bits per heavy atom. The average Bonchev–Trinajstić information content (AvgIpc) is 3.30. The number of benzene rings is 1. The van der Waals surface area contributed by atoms with Gasteiger partial charge in [0, 0.05) is 19.0 Å². The molecule has 1 aromatic carbocycles. The topological polar surface area (TPSA) is 54.5 Å². The maximum atomic E-state index is 12.8. The second-order valence-electron chi connectivity index (χ2n) is 6.80. The van der Waals surface area contributed by atoms with Gasteiger partial charge in [-0.25, -0.2) is 8.42 Å². The third-order valence-electron chi connectivity index (χ3n) is 5.12. The van der Waals surface area contributed by atoms with Crippen molar-refractivity contribution in [2.24, 2.45) is 5.92 Å². The molecule has 0 aromatic heterocycles. The first-order valence-electron chi connectivity index (χ1n) is 8.55. The molecule has 1 amide bonds. The van der Waals surface area contributed by atoms with Crippen LogP contribution in [0.25, 0.3) is 0 Å². The smallest absolute Gasteiger partial charge is 0.223 e. The number of hydrogen-bond donors (Lipinski definition) is 0. The standard InChI is InChI=1S/C18H25NO3S/c1-2-19(16-10-11-23(21,22)13-16)18(20)12-17(15-8-9-15)14-6-4-3-5-7-14/h3-7,15-17H,2,8-13H2,1H3. The Balaban J connectivity index is 1.71. The Bertz CT molecular complexity index is 652. The molecule has 1 heterocycles. The minimum Gasteiger partial charge on any atom is -0.339 e. The van der Waals surface area contributed by atoms with Crippen LogP contribution < -0.4 is 0 Å². The summed E-state index contributed by atoms with van der Waals surface area (Å²) >= 11 is 0. The van der Waals surface area contributed by atoms with Crippen LogP contribution in [0.5, 0.6) is 0 Å². The summed E-state index contributed by atoms with van der Waals surface area (Å²) in [6, 6.07) is 10.1. The quantitative estimate of drug-likeness (QED) is 0.803. The number of carbonyl (C=O) groups is 1. The van der Waals surface area contributed by atoms with Crippen molar-refractivity contribution in [1.82, 2.24) is 4.90 Å². The van der Waals surface area contributed by atoms with Gasteiger partial charge in [0.05, 0.1) is 11.5 Å². The Labute approximate surface area is 138 Å². The van der Waals surface area contributed by atoms with Crippen LogP contribution in [0.4, 0.5) is 0 Å². The molecule has 1 aliphatic heterocycles. The van der Waals surface area contributed by atoms with Crippen molar-refractivity contribution < 1.29 is 13.2 Å². The van der Waals surface area contributed by atoms with Gasteiger partial charge in [-0.15, -0.1) is 0 Å². The highest BCUT2D eigenvalue weighted by Crippen LogP contribution is 2.44. The van der Waals surface area contributed by atoms with E-state index in [-0.39, 0.29) is 29.4 Å². The van der Waals surface area contributed by atoms with Gasteiger partial charge in [0.2, 0.25) is 5.91 Å². The molecule has 23 heavy (non-hydrogen) atoms. The fourth-order valence-corrected chi connectivity index (χ4v) is 5.45. The van der Waals surface area contributed by atoms with Crippen molar-refractivity contribution in [2.45, 2.75) is 44.6 Å². The van der Waals surface area contributed by atoms with Gasteiger partial charge >= 0.3 is 0 Å². The Morgan fingerprint density at radius 3 is 2.43 bits per heavy atom. The lowest BCUT2D eigenvalue weighted by Gasteiger charge is -2.29. The van der Waals surface area contributed by atoms with Crippen LogP contribution in [0.1, 0.15) is 44.1 Å². The van der Waals surface area contributed by atoms with Crippen molar-refractivity contribution in [3.8, 4) is 0 Å². The van der Waals surface area contributed by atoms with E-state index in [2.05, 4.69) is 12.1 Å². The number of sulfone groups is 1. The Kier molecular flexibility index (Phi) is 4.76. The van der Waals surface area contributed by atoms with Gasteiger partial charge in [0.15, 0.2) is 9.84 Å². The maximum Gasteiger partial charge on any atom is 0.223 e. The summed E-state index contributed by atoms with van der Waals surface area (Å²) in [4.78, 5) is 14.6. The molecule has 2 atom stereocenters. The van der Waals surface area contributed by atoms with Crippen LogP contribution in [-0.4, -0.2) is 43.3 Å². The molecule has 5 heteroatoms. The van der Waals surface area contributed by atoms with E-state index in [0.29, 0.717) is 25.3 Å². The molecule has 0 radical (unpaired) electrons. The summed E-state index contributed by atoms with van der Waals surface area (Å²) in [7, 11) is -2.96. The van der Waals surface area contributed by atoms with Crippen LogP contribution in [0.15, 0.2) is 30.3 Å². The summed E-state index contributed by atoms with van der Waals surface area (Å²) in [5, 5.41) is 0. The minimum atomic E-state index is -2.96. The van der Waals surface area contributed by atoms with E-state index in [4.69, 9.17) is 0 Å². The van der Waals surface area contributed by atoms with Gasteiger partial charge in [-0.1, -0.05) is 30.3 Å². The van der Waals surface area contributed by atoms with Gasteiger partial charge in [0.25, 0.3) is 0 Å². The normalized spacial score (nSPS) is 24.3. The van der Waals surface area contributed by atoms with Crippen LogP contribution in [0.3, 0.4) is 0 Å². The predicted octanol–water partition coefficient (Wildman–Crippen LogP) is 2.61. The molecule has 126 valence electrons. The molecule has 0 bridgehead atoms. The Morgan fingerprint density at radius 2 is 1.91 bits per heavy atom. The van der Waals surface area contributed by atoms with E-state index in [0.717, 1.165) is 0 Å². The zero-order valence-electron chi connectivity index (χ0n) is 13.6. The van der Waals surface area contributed by atoms with Crippen LogP contribution in [0.2, 0.25) is 0 Å². The number of amides is 1. The lowest BCUT2D eigenvalue weighted by Crippen LogP contribution is -2.41. The molecular formula is C18H25NO3S. The summed E-state index contributed by atoms with van der Waals surface area (Å²) < 4.78 is 23.4. The fourth-order valence-electron chi connectivity index (χ4n) is 3.72. The van der Waals surface area contributed by atoms with Crippen molar-refractivity contribution in [1.29, 1.82) is 0 Å². The molecule has 4 nitrogen and oxygen atoms in total. The average molecular weight is 335 g/mol. The molecule has 2 fully saturated rings. The molecule has 0 N–H and O–H groups in total. The summed E-state index contributed by atoms with van der Waals surface area (Å²) in [6.07, 6.45) is 3.47. The third kappa shape index (κ3) is 3.94. The van der Waals surface area contributed by atoms with Crippen molar-refractivity contribution in [2.75, 3.05) is 18.1 Å². The van der Waals surface area contributed by atoms with Crippen LogP contribution >= 0.6 is 0 Å². The number of nitrogens with zero attached hydrogens (tertiary/aromatic N) is 1. The number of carbonyl (C=O) groups excluding carboxylic acids is 1. The molecule has 1 aliphatic carbocycles. The zero-order valence-corrected chi connectivity index (χ0v) is 14.5. The molecule has 0 spiro atoms. The third-order valence-corrected chi connectivity index (χ3v) is 6.87. The molecular weight excluding hydrogens is 310 g/mol. The lowest BCUT2D eigenvalue weighted by atomic mass is 9.90. The highest BCUT2D eigenvalue weighted by molar-refractivity contribution is 7.91. The van der Waals surface area contributed by atoms with Crippen molar-refractivity contribution in [3.63, 3.8) is 0 Å². The molecule has 2 aliphatic rings. The second-order valence-corrected chi connectivity index (χ2v) is 9.02. The number of rotatable bonds is 6. The largest absolute Gasteiger partial charge is 0.339 e. The lowest BCUT2D eigenvalue weighted by molar-refractivity contribution is -0.133. The first-order chi connectivity index (χ1) is 11.0. The summed E-state index contributed by atoms with van der Waals surface area (Å²) in [5.41, 5.74) is 1.23. The second kappa shape index (κ2) is 6.63. The number of hydrogen-bond acceptors (Lipinski definition) is 3. The summed E-state index contributed by atoms with van der Waals surface area (Å²) in [5.74, 6) is 1.33. The Hall–Kier alpha value is -1.36. The van der Waals surface area contributed by atoms with Gasteiger partial charge in [-0.3, -0.25) is 4.79 Å².